The number of esters is 1. The van der Waals surface area contributed by atoms with Gasteiger partial charge in [-0.25, -0.2) is 0 Å². The number of carbonyl (C=O) groups excluding carboxylic acids is 1. The predicted octanol–water partition coefficient (Wildman–Crippen LogP) is 2.24. The predicted molar refractivity (Wildman–Crippen MR) is 69.7 cm³/mol. The minimum atomic E-state index is -0.346. The smallest absolute Gasteiger partial charge is 0.309 e. The number of phenols is 1. The van der Waals surface area contributed by atoms with Gasteiger partial charge in [0.05, 0.1) is 31.8 Å². The molecule has 0 atom stereocenters. The third-order valence-corrected chi connectivity index (χ3v) is 2.34. The molecule has 100 valence electrons. The molecule has 1 aromatic carbocycles. The average Bonchev–Trinajstić information content (AvgIpc) is 2.41. The van der Waals surface area contributed by atoms with Crippen molar-refractivity contribution in [2.24, 2.45) is 0 Å². The second-order valence-corrected chi connectivity index (χ2v) is 3.64. The Morgan fingerprint density at radius 1 is 1.53 bits per heavy atom. The molecule has 0 aromatic heterocycles. The molecule has 0 heterocycles. The molecular weight excluding hydrogens is 246 g/mol. The first kappa shape index (κ1) is 14.6. The van der Waals surface area contributed by atoms with Crippen LogP contribution in [0.25, 0.3) is 6.08 Å². The van der Waals surface area contributed by atoms with Crippen molar-refractivity contribution in [2.75, 3.05) is 13.7 Å². The molecule has 0 fully saturated rings. The van der Waals surface area contributed by atoms with Crippen molar-refractivity contribution in [3.8, 4) is 17.6 Å². The lowest BCUT2D eigenvalue weighted by molar-refractivity contribution is -0.142. The van der Waals surface area contributed by atoms with E-state index in [-0.39, 0.29) is 23.9 Å². The topological polar surface area (TPSA) is 79.6 Å². The minimum absolute atomic E-state index is 0.0680. The minimum Gasteiger partial charge on any atom is -0.504 e. The number of ether oxygens (including phenoxy) is 2. The van der Waals surface area contributed by atoms with Crippen LogP contribution in [0.3, 0.4) is 0 Å². The Bertz CT molecular complexity index is 529. The van der Waals surface area contributed by atoms with Crippen LogP contribution in [0.2, 0.25) is 0 Å². The van der Waals surface area contributed by atoms with Crippen LogP contribution < -0.4 is 4.74 Å². The zero-order valence-electron chi connectivity index (χ0n) is 10.8. The molecule has 1 N–H and O–H groups in total. The third kappa shape index (κ3) is 4.03. The van der Waals surface area contributed by atoms with Crippen LogP contribution in [0, 0.1) is 11.3 Å². The Kier molecular flexibility index (Phi) is 5.42. The molecule has 5 nitrogen and oxygen atoms in total. The summed E-state index contributed by atoms with van der Waals surface area (Å²) in [5.41, 5.74) is 0.783. The summed E-state index contributed by atoms with van der Waals surface area (Å²) in [6.07, 6.45) is 3.22. The van der Waals surface area contributed by atoms with Crippen molar-refractivity contribution in [1.29, 1.82) is 5.26 Å². The van der Waals surface area contributed by atoms with E-state index in [0.717, 1.165) is 0 Å². The number of hydrogen-bond donors (Lipinski definition) is 1. The second-order valence-electron chi connectivity index (χ2n) is 3.64. The SMILES string of the molecule is CCOC(=O)CC=Cc1cc(C#N)cc(OC)c1O. The standard InChI is InChI=1S/C14H15NO4/c1-3-19-13(16)6-4-5-11-7-10(9-15)8-12(18-2)14(11)17/h4-5,7-8,17H,3,6H2,1-2H3. The molecule has 1 aromatic rings. The normalized spacial score (nSPS) is 10.2. The monoisotopic (exact) mass is 261 g/mol. The van der Waals surface area contributed by atoms with E-state index in [4.69, 9.17) is 14.7 Å². The highest BCUT2D eigenvalue weighted by atomic mass is 16.5. The summed E-state index contributed by atoms with van der Waals surface area (Å²) in [6, 6.07) is 4.93. The van der Waals surface area contributed by atoms with Gasteiger partial charge < -0.3 is 14.6 Å². The van der Waals surface area contributed by atoms with Crippen LogP contribution in [0.4, 0.5) is 0 Å². The fourth-order valence-corrected chi connectivity index (χ4v) is 1.48. The van der Waals surface area contributed by atoms with Gasteiger partial charge in [0, 0.05) is 11.6 Å². The molecule has 5 heteroatoms. The Hall–Kier alpha value is -2.48. The number of phenolic OH excluding ortho intramolecular Hbond substituents is 1. The summed E-state index contributed by atoms with van der Waals surface area (Å²) in [7, 11) is 1.41. The molecule has 0 aliphatic carbocycles. The summed E-state index contributed by atoms with van der Waals surface area (Å²) in [4.78, 5) is 11.2. The molecule has 0 saturated heterocycles. The zero-order chi connectivity index (χ0) is 14.3. The maximum atomic E-state index is 11.2. The van der Waals surface area contributed by atoms with Gasteiger partial charge in [-0.15, -0.1) is 0 Å². The van der Waals surface area contributed by atoms with Gasteiger partial charge in [-0.05, 0) is 13.0 Å². The van der Waals surface area contributed by atoms with Crippen LogP contribution >= 0.6 is 0 Å². The van der Waals surface area contributed by atoms with Gasteiger partial charge in [-0.3, -0.25) is 4.79 Å². The van der Waals surface area contributed by atoms with E-state index in [1.807, 2.05) is 6.07 Å². The van der Waals surface area contributed by atoms with Crippen molar-refractivity contribution >= 4 is 12.0 Å². The third-order valence-electron chi connectivity index (χ3n) is 2.34. The Balaban J connectivity index is 2.91. The number of methoxy groups -OCH3 is 1. The van der Waals surface area contributed by atoms with Crippen molar-refractivity contribution in [3.05, 3.63) is 29.3 Å². The molecule has 1 rings (SSSR count). The molecule has 0 aliphatic rings. The van der Waals surface area contributed by atoms with Crippen LogP contribution in [-0.4, -0.2) is 24.8 Å². The van der Waals surface area contributed by atoms with E-state index in [1.165, 1.54) is 19.2 Å². The highest BCUT2D eigenvalue weighted by molar-refractivity contribution is 5.73. The number of hydrogen-bond acceptors (Lipinski definition) is 5. The summed E-state index contributed by atoms with van der Waals surface area (Å²) in [6.45, 7) is 2.06. The van der Waals surface area contributed by atoms with Gasteiger partial charge in [0.2, 0.25) is 0 Å². The van der Waals surface area contributed by atoms with Crippen molar-refractivity contribution in [1.82, 2.24) is 0 Å². The summed E-state index contributed by atoms with van der Waals surface area (Å²) < 4.78 is 9.74. The summed E-state index contributed by atoms with van der Waals surface area (Å²) in [5, 5.41) is 18.7. The maximum Gasteiger partial charge on any atom is 0.309 e. The number of carbonyl (C=O) groups is 1. The number of aromatic hydroxyl groups is 1. The molecule has 0 amide bonds. The lowest BCUT2D eigenvalue weighted by atomic mass is 10.1. The van der Waals surface area contributed by atoms with Gasteiger partial charge in [0.15, 0.2) is 11.5 Å². The van der Waals surface area contributed by atoms with Gasteiger partial charge >= 0.3 is 5.97 Å². The van der Waals surface area contributed by atoms with E-state index < -0.39 is 0 Å². The summed E-state index contributed by atoms with van der Waals surface area (Å²) in [5.74, 6) is -0.196. The molecule has 0 radical (unpaired) electrons. The fraction of sp³-hybridized carbons (Fsp3) is 0.286. The van der Waals surface area contributed by atoms with Crippen LogP contribution in [-0.2, 0) is 9.53 Å². The maximum absolute atomic E-state index is 11.2. The molecule has 0 saturated carbocycles. The van der Waals surface area contributed by atoms with Gasteiger partial charge in [0.25, 0.3) is 0 Å². The van der Waals surface area contributed by atoms with Crippen molar-refractivity contribution in [3.63, 3.8) is 0 Å². The largest absolute Gasteiger partial charge is 0.504 e. The van der Waals surface area contributed by atoms with Crippen molar-refractivity contribution < 1.29 is 19.4 Å². The van der Waals surface area contributed by atoms with Gasteiger partial charge in [-0.1, -0.05) is 12.2 Å². The van der Waals surface area contributed by atoms with E-state index in [1.54, 1.807) is 19.1 Å². The van der Waals surface area contributed by atoms with Crippen molar-refractivity contribution in [2.45, 2.75) is 13.3 Å². The first-order valence-corrected chi connectivity index (χ1v) is 5.75. The molecular formula is C14H15NO4. The number of benzene rings is 1. The quantitative estimate of drug-likeness (QED) is 0.822. The van der Waals surface area contributed by atoms with Crippen LogP contribution in [0.15, 0.2) is 18.2 Å². The van der Waals surface area contributed by atoms with Gasteiger partial charge in [-0.2, -0.15) is 5.26 Å². The lowest BCUT2D eigenvalue weighted by Gasteiger charge is -2.06. The Labute approximate surface area is 111 Å². The molecule has 0 spiro atoms. The van der Waals surface area contributed by atoms with Crippen LogP contribution in [0.5, 0.6) is 11.5 Å². The molecule has 0 unspecified atom stereocenters. The van der Waals surface area contributed by atoms with Gasteiger partial charge in [0.1, 0.15) is 0 Å². The number of rotatable bonds is 5. The zero-order valence-corrected chi connectivity index (χ0v) is 10.8. The van der Waals surface area contributed by atoms with Crippen LogP contribution in [0.1, 0.15) is 24.5 Å². The summed E-state index contributed by atoms with van der Waals surface area (Å²) >= 11 is 0. The highest BCUT2D eigenvalue weighted by Gasteiger charge is 2.08. The molecule has 0 aliphatic heterocycles. The Morgan fingerprint density at radius 3 is 2.84 bits per heavy atom. The first-order valence-electron chi connectivity index (χ1n) is 5.75. The lowest BCUT2D eigenvalue weighted by Crippen LogP contribution is -2.01. The average molecular weight is 261 g/mol. The van der Waals surface area contributed by atoms with E-state index in [0.29, 0.717) is 17.7 Å². The van der Waals surface area contributed by atoms with E-state index >= 15 is 0 Å². The fourth-order valence-electron chi connectivity index (χ4n) is 1.48. The van der Waals surface area contributed by atoms with E-state index in [9.17, 15) is 9.90 Å². The molecule has 0 bridgehead atoms. The number of nitrogens with zero attached hydrogens (tertiary/aromatic N) is 1. The first-order chi connectivity index (χ1) is 9.12. The number of nitriles is 1. The highest BCUT2D eigenvalue weighted by Crippen LogP contribution is 2.32. The van der Waals surface area contributed by atoms with E-state index in [2.05, 4.69) is 0 Å². The Morgan fingerprint density at radius 2 is 2.26 bits per heavy atom. The second kappa shape index (κ2) is 7.07. The molecule has 19 heavy (non-hydrogen) atoms.